The molecule has 1 atom stereocenters. The molecule has 1 fully saturated rings. The van der Waals surface area contributed by atoms with Crippen molar-refractivity contribution in [1.82, 2.24) is 25.3 Å². The van der Waals surface area contributed by atoms with E-state index >= 15 is 0 Å². The zero-order chi connectivity index (χ0) is 26.2. The van der Waals surface area contributed by atoms with Gasteiger partial charge in [-0.25, -0.2) is 9.97 Å². The van der Waals surface area contributed by atoms with Crippen LogP contribution < -0.4 is 22.5 Å². The van der Waals surface area contributed by atoms with Crippen LogP contribution in [0, 0.1) is 5.41 Å². The smallest absolute Gasteiger partial charge is 0.226 e. The molecule has 37 heavy (non-hydrogen) atoms. The molecule has 1 aliphatic rings. The number of nitrogens with two attached hydrogens (primary N) is 3. The molecule has 0 saturated heterocycles. The number of carbonyl (C=O) groups is 1. The van der Waals surface area contributed by atoms with Gasteiger partial charge >= 0.3 is 0 Å². The maximum absolute atomic E-state index is 13.5. The number of nitrogen functional groups attached to an aromatic ring is 2. The van der Waals surface area contributed by atoms with Crippen LogP contribution in [0.15, 0.2) is 48.5 Å². The summed E-state index contributed by atoms with van der Waals surface area (Å²) in [5.74, 6) is 0.988. The molecule has 2 heterocycles. The van der Waals surface area contributed by atoms with Crippen LogP contribution in [-0.2, 0) is 11.2 Å². The molecule has 0 spiro atoms. The Morgan fingerprint density at radius 2 is 1.86 bits per heavy atom. The van der Waals surface area contributed by atoms with E-state index in [1.165, 1.54) is 0 Å². The Morgan fingerprint density at radius 3 is 2.59 bits per heavy atom. The van der Waals surface area contributed by atoms with Crippen LogP contribution >= 0.6 is 11.6 Å². The van der Waals surface area contributed by atoms with Crippen LogP contribution in [0.3, 0.4) is 0 Å². The second-order valence-corrected chi connectivity index (χ2v) is 10.5. The number of nitrogens with one attached hydrogen (secondary N) is 2. The van der Waals surface area contributed by atoms with Gasteiger partial charge in [0, 0.05) is 22.4 Å². The third-order valence-corrected chi connectivity index (χ3v) is 7.57. The van der Waals surface area contributed by atoms with E-state index in [0.29, 0.717) is 39.8 Å². The van der Waals surface area contributed by atoms with E-state index in [-0.39, 0.29) is 17.9 Å². The second-order valence-electron chi connectivity index (χ2n) is 10.1. The van der Waals surface area contributed by atoms with Gasteiger partial charge in [-0.05, 0) is 49.8 Å². The minimum atomic E-state index is -0.470. The molecule has 1 saturated carbocycles. The number of carbonyl (C=O) groups excluding carboxylic acids is 1. The Hall–Kier alpha value is -3.69. The maximum Gasteiger partial charge on any atom is 0.226 e. The number of nitrogens with zero attached hydrogens (tertiary/aromatic N) is 3. The van der Waals surface area contributed by atoms with E-state index in [9.17, 15) is 4.79 Å². The molecule has 1 amide bonds. The van der Waals surface area contributed by atoms with Crippen LogP contribution in [0.2, 0.25) is 5.15 Å². The number of aromatic amines is 1. The number of H-pyrrole nitrogens is 1. The van der Waals surface area contributed by atoms with Crippen molar-refractivity contribution >= 4 is 40.2 Å². The quantitative estimate of drug-likeness (QED) is 0.256. The molecule has 0 radical (unpaired) electrons. The Labute approximate surface area is 220 Å². The first-order chi connectivity index (χ1) is 17.7. The summed E-state index contributed by atoms with van der Waals surface area (Å²) in [4.78, 5) is 29.8. The Balaban J connectivity index is 1.48. The van der Waals surface area contributed by atoms with Crippen LogP contribution in [-0.4, -0.2) is 31.9 Å². The van der Waals surface area contributed by atoms with Crippen molar-refractivity contribution < 1.29 is 4.79 Å². The number of amides is 1. The second kappa shape index (κ2) is 9.99. The van der Waals surface area contributed by atoms with Crippen molar-refractivity contribution in [1.29, 1.82) is 0 Å². The molecular weight excluding hydrogens is 488 g/mol. The van der Waals surface area contributed by atoms with Crippen molar-refractivity contribution in [3.8, 4) is 11.3 Å². The van der Waals surface area contributed by atoms with E-state index < -0.39 is 11.5 Å². The molecule has 10 heteroatoms. The minimum Gasteiger partial charge on any atom is -0.383 e. The Morgan fingerprint density at radius 1 is 1.14 bits per heavy atom. The first kappa shape index (κ1) is 25.0. The zero-order valence-electron chi connectivity index (χ0n) is 20.7. The predicted octanol–water partition coefficient (Wildman–Crippen LogP) is 4.15. The first-order valence-electron chi connectivity index (χ1n) is 12.4. The summed E-state index contributed by atoms with van der Waals surface area (Å²) in [5.41, 5.74) is 20.4. The van der Waals surface area contributed by atoms with Gasteiger partial charge in [0.05, 0.1) is 11.6 Å². The average molecular weight is 519 g/mol. The van der Waals surface area contributed by atoms with Crippen LogP contribution in [0.1, 0.15) is 50.0 Å². The van der Waals surface area contributed by atoms with Crippen molar-refractivity contribution in [2.45, 2.75) is 51.1 Å². The lowest BCUT2D eigenvalue weighted by molar-refractivity contribution is -0.132. The largest absolute Gasteiger partial charge is 0.383 e. The number of anilines is 2. The highest BCUT2D eigenvalue weighted by molar-refractivity contribution is 6.32. The number of imidazole rings is 1. The molecule has 2 aromatic heterocycles. The van der Waals surface area contributed by atoms with Crippen molar-refractivity contribution in [2.75, 3.05) is 11.5 Å². The van der Waals surface area contributed by atoms with Gasteiger partial charge in [-0.15, -0.1) is 0 Å². The topological polar surface area (TPSA) is 162 Å². The average Bonchev–Trinajstić information content (AvgIpc) is 3.27. The summed E-state index contributed by atoms with van der Waals surface area (Å²) >= 11 is 6.64. The molecule has 9 nitrogen and oxygen atoms in total. The van der Waals surface area contributed by atoms with Gasteiger partial charge in [-0.2, -0.15) is 4.98 Å². The Kier molecular flexibility index (Phi) is 6.74. The van der Waals surface area contributed by atoms with Crippen LogP contribution in [0.5, 0.6) is 0 Å². The molecular formula is C27H31ClN8O. The normalized spacial score (nSPS) is 20.6. The lowest BCUT2D eigenvalue weighted by atomic mass is 9.73. The number of hydrogen-bond donors (Lipinski definition) is 5. The molecule has 1 aliphatic carbocycles. The Bertz CT molecular complexity index is 1430. The van der Waals surface area contributed by atoms with E-state index in [1.807, 2.05) is 55.5 Å². The van der Waals surface area contributed by atoms with E-state index in [0.717, 1.165) is 36.8 Å². The van der Waals surface area contributed by atoms with Gasteiger partial charge in [0.25, 0.3) is 0 Å². The predicted molar refractivity (Wildman–Crippen MR) is 147 cm³/mol. The fourth-order valence-electron chi connectivity index (χ4n) is 4.95. The van der Waals surface area contributed by atoms with Gasteiger partial charge in [0.1, 0.15) is 22.5 Å². The molecule has 2 aromatic carbocycles. The minimum absolute atomic E-state index is 0.00255. The third-order valence-electron chi connectivity index (χ3n) is 7.30. The number of benzene rings is 2. The standard InChI is InChI=1S/C27H31ClN8O/c1-27(11-9-17(29)10-12-27)25(37)32-20(13-15-5-3-2-4-6-15)24-34-21(22(28)35-24)16-7-8-18-19(14-16)33-26(31)36-23(18)30/h2-8,14,17,20H,9-13,29H2,1H3,(H,32,37)(H,34,35)(H4,30,31,33,36)/t17?,20-,27?/m0/s1. The lowest BCUT2D eigenvalue weighted by Gasteiger charge is -2.35. The summed E-state index contributed by atoms with van der Waals surface area (Å²) in [7, 11) is 0. The molecule has 4 aromatic rings. The molecule has 0 unspecified atom stereocenters. The van der Waals surface area contributed by atoms with E-state index in [4.69, 9.17) is 33.8 Å². The number of rotatable bonds is 6. The summed E-state index contributed by atoms with van der Waals surface area (Å²) < 4.78 is 0. The van der Waals surface area contributed by atoms with Gasteiger partial charge in [-0.3, -0.25) is 4.79 Å². The van der Waals surface area contributed by atoms with Crippen molar-refractivity contribution in [2.24, 2.45) is 11.1 Å². The van der Waals surface area contributed by atoms with E-state index in [2.05, 4.69) is 20.3 Å². The summed E-state index contributed by atoms with van der Waals surface area (Å²) in [6.45, 7) is 2.02. The van der Waals surface area contributed by atoms with Gasteiger partial charge in [-0.1, -0.05) is 54.9 Å². The van der Waals surface area contributed by atoms with Gasteiger partial charge in [0.2, 0.25) is 11.9 Å². The van der Waals surface area contributed by atoms with Crippen LogP contribution in [0.25, 0.3) is 22.2 Å². The fourth-order valence-corrected chi connectivity index (χ4v) is 5.20. The van der Waals surface area contributed by atoms with Gasteiger partial charge < -0.3 is 27.5 Å². The van der Waals surface area contributed by atoms with Gasteiger partial charge in [0.15, 0.2) is 0 Å². The summed E-state index contributed by atoms with van der Waals surface area (Å²) in [6.07, 6.45) is 3.75. The highest BCUT2D eigenvalue weighted by atomic mass is 35.5. The number of hydrogen-bond acceptors (Lipinski definition) is 7. The van der Waals surface area contributed by atoms with Crippen molar-refractivity contribution in [3.05, 3.63) is 65.1 Å². The first-order valence-corrected chi connectivity index (χ1v) is 12.8. The molecule has 192 valence electrons. The molecule has 0 aliphatic heterocycles. The van der Waals surface area contributed by atoms with E-state index in [1.54, 1.807) is 0 Å². The fraction of sp³-hybridized carbons (Fsp3) is 0.333. The monoisotopic (exact) mass is 518 g/mol. The van der Waals surface area contributed by atoms with Crippen LogP contribution in [0.4, 0.5) is 11.8 Å². The lowest BCUT2D eigenvalue weighted by Crippen LogP contribution is -2.45. The molecule has 0 bridgehead atoms. The SMILES string of the molecule is CC1(C(=O)N[C@@H](Cc2ccccc2)c2nc(-c3ccc4c(N)nc(N)nc4c3)c(Cl)[nH]2)CCC(N)CC1. The number of halogens is 1. The highest BCUT2D eigenvalue weighted by Gasteiger charge is 2.38. The van der Waals surface area contributed by atoms with Crippen molar-refractivity contribution in [3.63, 3.8) is 0 Å². The molecule has 8 N–H and O–H groups in total. The third kappa shape index (κ3) is 5.23. The number of fused-ring (bicyclic) bond motifs is 1. The number of aromatic nitrogens is 4. The highest BCUT2D eigenvalue weighted by Crippen LogP contribution is 2.37. The summed E-state index contributed by atoms with van der Waals surface area (Å²) in [6, 6.07) is 15.3. The maximum atomic E-state index is 13.5. The molecule has 5 rings (SSSR count). The summed E-state index contributed by atoms with van der Waals surface area (Å²) in [5, 5.41) is 4.32. The zero-order valence-corrected chi connectivity index (χ0v) is 21.4.